The van der Waals surface area contributed by atoms with Gasteiger partial charge in [-0.1, -0.05) is 23.7 Å². The number of nitrogens with one attached hydrogen (secondary N) is 1. The number of fused-ring (bicyclic) bond motifs is 1. The van der Waals surface area contributed by atoms with E-state index in [1.54, 1.807) is 0 Å². The van der Waals surface area contributed by atoms with E-state index in [2.05, 4.69) is 9.55 Å². The smallest absolute Gasteiger partial charge is 0.148 e. The first kappa shape index (κ1) is 11.5. The van der Waals surface area contributed by atoms with Crippen molar-refractivity contribution in [2.24, 2.45) is 0 Å². The van der Waals surface area contributed by atoms with Gasteiger partial charge in [0.05, 0.1) is 5.69 Å². The Morgan fingerprint density at radius 3 is 2.72 bits per heavy atom. The topological polar surface area (TPSA) is 41.7 Å². The summed E-state index contributed by atoms with van der Waals surface area (Å²) in [6.07, 6.45) is 3.31. The first-order valence-electron chi connectivity index (χ1n) is 6.15. The molecule has 0 atom stereocenters. The van der Waals surface area contributed by atoms with Crippen LogP contribution in [0.5, 0.6) is 0 Å². The second kappa shape index (κ2) is 4.58. The third kappa shape index (κ3) is 2.06. The number of rotatable bonds is 1. The highest BCUT2D eigenvalue weighted by Gasteiger charge is 2.13. The van der Waals surface area contributed by atoms with E-state index in [0.29, 0.717) is 5.49 Å². The summed E-state index contributed by atoms with van der Waals surface area (Å²) in [5.74, 6) is 1.03. The van der Waals surface area contributed by atoms with E-state index in [-0.39, 0.29) is 0 Å². The van der Waals surface area contributed by atoms with E-state index >= 15 is 0 Å². The fourth-order valence-corrected chi connectivity index (χ4v) is 2.56. The predicted molar refractivity (Wildman–Crippen MR) is 71.5 cm³/mol. The average molecular weight is 260 g/mol. The molecule has 3 rings (SSSR count). The van der Waals surface area contributed by atoms with Gasteiger partial charge in [0.15, 0.2) is 0 Å². The third-order valence-electron chi connectivity index (χ3n) is 3.30. The van der Waals surface area contributed by atoms with Crippen LogP contribution in [0.3, 0.4) is 0 Å². The molecular weight excluding hydrogens is 246 g/mol. The molecule has 0 radical (unpaired) electrons. The van der Waals surface area contributed by atoms with Gasteiger partial charge < -0.3 is 4.57 Å². The largest absolute Gasteiger partial charge is 0.329 e. The molecule has 0 bridgehead atoms. The van der Waals surface area contributed by atoms with E-state index < -0.39 is 0 Å². The number of aryl methyl sites for hydroxylation is 1. The van der Waals surface area contributed by atoms with Crippen LogP contribution in [0.25, 0.3) is 11.3 Å². The molecule has 3 nitrogen and oxygen atoms in total. The van der Waals surface area contributed by atoms with Crippen LogP contribution in [0.1, 0.15) is 18.7 Å². The maximum absolute atomic E-state index is 7.82. The Bertz CT molecular complexity index is 628. The molecule has 18 heavy (non-hydrogen) atoms. The number of aromatic nitrogens is 2. The summed E-state index contributed by atoms with van der Waals surface area (Å²) in [5.41, 5.74) is 2.51. The minimum Gasteiger partial charge on any atom is -0.329 e. The molecule has 1 aromatic carbocycles. The van der Waals surface area contributed by atoms with Gasteiger partial charge in [-0.05, 0) is 30.5 Å². The number of halogens is 1. The van der Waals surface area contributed by atoms with E-state index in [0.717, 1.165) is 41.5 Å². The van der Waals surface area contributed by atoms with Crippen molar-refractivity contribution < 1.29 is 0 Å². The minimum atomic E-state index is 0.341. The summed E-state index contributed by atoms with van der Waals surface area (Å²) < 4.78 is 2.23. The summed E-state index contributed by atoms with van der Waals surface area (Å²) in [7, 11) is 0. The van der Waals surface area contributed by atoms with Crippen LogP contribution in [0.15, 0.2) is 30.3 Å². The molecule has 1 N–H and O–H groups in total. The van der Waals surface area contributed by atoms with Crippen molar-refractivity contribution in [1.82, 2.24) is 9.55 Å². The summed E-state index contributed by atoms with van der Waals surface area (Å²) in [6, 6.07) is 9.60. The molecule has 0 amide bonds. The lowest BCUT2D eigenvalue weighted by atomic mass is 10.1. The van der Waals surface area contributed by atoms with Crippen molar-refractivity contribution in [3.05, 3.63) is 46.7 Å². The molecule has 0 spiro atoms. The highest BCUT2D eigenvalue weighted by Crippen LogP contribution is 2.24. The third-order valence-corrected chi connectivity index (χ3v) is 3.55. The van der Waals surface area contributed by atoms with Crippen molar-refractivity contribution in [2.75, 3.05) is 0 Å². The SMILES string of the molecule is N=c1cc(-c2ccc(Cl)cc2)n2c(n1)CCCC2. The van der Waals surface area contributed by atoms with Gasteiger partial charge in [-0.3, -0.25) is 5.41 Å². The first-order chi connectivity index (χ1) is 8.74. The number of benzene rings is 1. The van der Waals surface area contributed by atoms with Crippen molar-refractivity contribution in [3.8, 4) is 11.3 Å². The molecule has 0 unspecified atom stereocenters. The molecule has 1 aliphatic rings. The lowest BCUT2D eigenvalue weighted by molar-refractivity contribution is 0.508. The Balaban J connectivity index is 2.19. The summed E-state index contributed by atoms with van der Waals surface area (Å²) in [4.78, 5) is 4.32. The molecule has 0 fully saturated rings. The maximum atomic E-state index is 7.82. The van der Waals surface area contributed by atoms with Crippen LogP contribution in [-0.2, 0) is 13.0 Å². The maximum Gasteiger partial charge on any atom is 0.148 e. The zero-order valence-corrected chi connectivity index (χ0v) is 10.7. The molecule has 2 aromatic rings. The highest BCUT2D eigenvalue weighted by molar-refractivity contribution is 6.30. The van der Waals surface area contributed by atoms with Crippen molar-refractivity contribution in [3.63, 3.8) is 0 Å². The number of hydrogen-bond donors (Lipinski definition) is 1. The fraction of sp³-hybridized carbons (Fsp3) is 0.286. The van der Waals surface area contributed by atoms with Crippen LogP contribution in [0, 0.1) is 5.41 Å². The molecule has 0 aliphatic carbocycles. The first-order valence-corrected chi connectivity index (χ1v) is 6.53. The molecular formula is C14H14ClN3. The van der Waals surface area contributed by atoms with Crippen LogP contribution in [0.2, 0.25) is 5.02 Å². The van der Waals surface area contributed by atoms with Gasteiger partial charge in [-0.2, -0.15) is 0 Å². The summed E-state index contributed by atoms with van der Waals surface area (Å²) in [6.45, 7) is 0.987. The van der Waals surface area contributed by atoms with Crippen LogP contribution >= 0.6 is 11.6 Å². The second-order valence-corrected chi connectivity index (χ2v) is 4.99. The standard InChI is InChI=1S/C14H14ClN3/c15-11-6-4-10(5-7-11)12-9-13(16)17-14-3-1-2-8-18(12)14/h4-7,9,16H,1-3,8H2. The van der Waals surface area contributed by atoms with Crippen LogP contribution in [-0.4, -0.2) is 9.55 Å². The molecule has 1 aromatic heterocycles. The summed E-state index contributed by atoms with van der Waals surface area (Å²) >= 11 is 5.92. The normalized spacial score (nSPS) is 14.3. The molecule has 0 saturated carbocycles. The van der Waals surface area contributed by atoms with E-state index in [4.69, 9.17) is 17.0 Å². The Morgan fingerprint density at radius 1 is 1.17 bits per heavy atom. The van der Waals surface area contributed by atoms with Gasteiger partial charge in [-0.25, -0.2) is 4.98 Å². The zero-order valence-electron chi connectivity index (χ0n) is 9.99. The van der Waals surface area contributed by atoms with Crippen LogP contribution in [0.4, 0.5) is 0 Å². The Morgan fingerprint density at radius 2 is 1.94 bits per heavy atom. The Hall–Kier alpha value is -1.61. The molecule has 92 valence electrons. The lowest BCUT2D eigenvalue weighted by Crippen LogP contribution is -2.22. The van der Waals surface area contributed by atoms with Crippen molar-refractivity contribution in [1.29, 1.82) is 5.41 Å². The molecule has 0 saturated heterocycles. The van der Waals surface area contributed by atoms with Gasteiger partial charge in [0.1, 0.15) is 11.3 Å². The minimum absolute atomic E-state index is 0.341. The second-order valence-electron chi connectivity index (χ2n) is 4.56. The molecule has 4 heteroatoms. The van der Waals surface area contributed by atoms with E-state index in [9.17, 15) is 0 Å². The highest BCUT2D eigenvalue weighted by atomic mass is 35.5. The van der Waals surface area contributed by atoms with Crippen molar-refractivity contribution in [2.45, 2.75) is 25.8 Å². The van der Waals surface area contributed by atoms with Gasteiger partial charge >= 0.3 is 0 Å². The monoisotopic (exact) mass is 259 g/mol. The molecule has 1 aliphatic heterocycles. The summed E-state index contributed by atoms with van der Waals surface area (Å²) in [5, 5.41) is 8.55. The van der Waals surface area contributed by atoms with Gasteiger partial charge in [-0.15, -0.1) is 0 Å². The van der Waals surface area contributed by atoms with E-state index in [1.807, 2.05) is 30.3 Å². The van der Waals surface area contributed by atoms with Crippen LogP contribution < -0.4 is 5.49 Å². The lowest BCUT2D eigenvalue weighted by Gasteiger charge is -2.22. The quantitative estimate of drug-likeness (QED) is 0.840. The van der Waals surface area contributed by atoms with Gasteiger partial charge in [0.25, 0.3) is 0 Å². The van der Waals surface area contributed by atoms with E-state index in [1.165, 1.54) is 6.42 Å². The van der Waals surface area contributed by atoms with Gasteiger partial charge in [0, 0.05) is 24.1 Å². The number of hydrogen-bond acceptors (Lipinski definition) is 2. The average Bonchev–Trinajstić information content (AvgIpc) is 2.38. The number of nitrogens with zero attached hydrogens (tertiary/aromatic N) is 2. The van der Waals surface area contributed by atoms with Gasteiger partial charge in [0.2, 0.25) is 0 Å². The zero-order chi connectivity index (χ0) is 12.5. The predicted octanol–water partition coefficient (Wildman–Crippen LogP) is 3.02. The fourth-order valence-electron chi connectivity index (χ4n) is 2.43. The van der Waals surface area contributed by atoms with Crippen molar-refractivity contribution >= 4 is 11.6 Å². The molecule has 2 heterocycles. The Labute approximate surface area is 111 Å². The Kier molecular flexibility index (Phi) is 2.92.